The van der Waals surface area contributed by atoms with Gasteiger partial charge in [-0.05, 0) is 20.8 Å². The molecule has 1 fully saturated rings. The highest BCUT2D eigenvalue weighted by Gasteiger charge is 2.34. The average molecular weight is 295 g/mol. The Kier molecular flexibility index (Phi) is 4.84. The summed E-state index contributed by atoms with van der Waals surface area (Å²) in [5, 5.41) is 7.22. The number of aromatic nitrogens is 2. The minimum atomic E-state index is -0.0949. The van der Waals surface area contributed by atoms with Gasteiger partial charge in [0.2, 0.25) is 5.91 Å². The highest BCUT2D eigenvalue weighted by Crippen LogP contribution is 2.16. The van der Waals surface area contributed by atoms with E-state index >= 15 is 0 Å². The smallest absolute Gasteiger partial charge is 0.242 e. The maximum absolute atomic E-state index is 12.2. The fraction of sp³-hybridized carbons (Fsp3) is 0.714. The van der Waals surface area contributed by atoms with Gasteiger partial charge in [0, 0.05) is 32.3 Å². The van der Waals surface area contributed by atoms with Crippen LogP contribution in [0.2, 0.25) is 0 Å². The highest BCUT2D eigenvalue weighted by molar-refractivity contribution is 5.76. The van der Waals surface area contributed by atoms with Crippen molar-refractivity contribution in [2.45, 2.75) is 45.5 Å². The van der Waals surface area contributed by atoms with Crippen LogP contribution < -0.4 is 11.1 Å². The molecule has 2 heterocycles. The monoisotopic (exact) mass is 295 g/mol. The number of likely N-dealkylation sites (tertiary alicyclic amines) is 1. The van der Waals surface area contributed by atoms with Crippen LogP contribution in [-0.4, -0.2) is 59.0 Å². The Bertz CT molecular complexity index is 500. The van der Waals surface area contributed by atoms with E-state index in [2.05, 4.69) is 29.2 Å². The predicted octanol–water partition coefficient (Wildman–Crippen LogP) is -0.00248. The minimum Gasteiger partial charge on any atom is -0.384 e. The number of anilines is 1. The van der Waals surface area contributed by atoms with Crippen LogP contribution in [0.1, 0.15) is 19.5 Å². The molecule has 0 radical (unpaired) electrons. The summed E-state index contributed by atoms with van der Waals surface area (Å²) in [5.41, 5.74) is 6.61. The lowest BCUT2D eigenvalue weighted by atomic mass is 10.2. The lowest BCUT2D eigenvalue weighted by molar-refractivity contribution is -0.123. The first-order valence-corrected chi connectivity index (χ1v) is 7.26. The first kappa shape index (κ1) is 15.8. The molecule has 0 bridgehead atoms. The van der Waals surface area contributed by atoms with Gasteiger partial charge in [0.15, 0.2) is 0 Å². The second kappa shape index (κ2) is 6.44. The van der Waals surface area contributed by atoms with Gasteiger partial charge in [-0.1, -0.05) is 0 Å². The number of nitrogens with two attached hydrogens (primary N) is 1. The molecular weight excluding hydrogens is 270 g/mol. The maximum atomic E-state index is 12.2. The number of rotatable bonds is 5. The normalized spacial score (nSPS) is 22.9. The van der Waals surface area contributed by atoms with Gasteiger partial charge in [0.25, 0.3) is 0 Å². The Morgan fingerprint density at radius 3 is 2.81 bits per heavy atom. The third-order valence-corrected chi connectivity index (χ3v) is 3.90. The Labute approximate surface area is 125 Å². The first-order valence-electron chi connectivity index (χ1n) is 7.26. The molecule has 2 rings (SSSR count). The Balaban J connectivity index is 1.94. The molecule has 2 atom stereocenters. The molecule has 0 unspecified atom stereocenters. The molecule has 0 saturated carbocycles. The van der Waals surface area contributed by atoms with Crippen molar-refractivity contribution in [3.63, 3.8) is 0 Å². The van der Waals surface area contributed by atoms with Crippen molar-refractivity contribution >= 4 is 11.7 Å². The van der Waals surface area contributed by atoms with E-state index in [1.807, 2.05) is 6.92 Å². The number of amides is 1. The van der Waals surface area contributed by atoms with Crippen molar-refractivity contribution in [3.05, 3.63) is 11.8 Å². The second-order valence-electron chi connectivity index (χ2n) is 5.86. The summed E-state index contributed by atoms with van der Waals surface area (Å²) in [6.07, 6.45) is 0.0213. The van der Waals surface area contributed by atoms with E-state index in [0.717, 1.165) is 18.8 Å². The van der Waals surface area contributed by atoms with Gasteiger partial charge in [-0.15, -0.1) is 0 Å². The lowest BCUT2D eigenvalue weighted by Gasteiger charge is -2.20. The first-order chi connectivity index (χ1) is 9.90. The Hall–Kier alpha value is -1.60. The summed E-state index contributed by atoms with van der Waals surface area (Å²) in [7, 11) is 1.68. The maximum Gasteiger partial charge on any atom is 0.242 e. The molecule has 7 heteroatoms. The zero-order valence-corrected chi connectivity index (χ0v) is 13.2. The molecule has 1 saturated heterocycles. The van der Waals surface area contributed by atoms with Crippen LogP contribution in [0.3, 0.4) is 0 Å². The number of hydrogen-bond acceptors (Lipinski definition) is 5. The summed E-state index contributed by atoms with van der Waals surface area (Å²) in [5.74, 6) is 0.406. The van der Waals surface area contributed by atoms with E-state index in [0.29, 0.717) is 11.9 Å². The third kappa shape index (κ3) is 3.74. The largest absolute Gasteiger partial charge is 0.384 e. The van der Waals surface area contributed by atoms with Gasteiger partial charge in [0.1, 0.15) is 12.4 Å². The standard InChI is InChI=1S/C14H25N5O2/c1-9(2)18-6-11(12(7-18)21-4)16-14(20)8-19-13(15)5-10(3)17-19/h5,9,11-12H,6-8,15H2,1-4H3,(H,16,20)/t11-,12-/m1/s1. The fourth-order valence-electron chi connectivity index (χ4n) is 2.68. The number of nitrogen functional groups attached to an aromatic ring is 1. The molecule has 0 spiro atoms. The highest BCUT2D eigenvalue weighted by atomic mass is 16.5. The molecule has 1 aliphatic rings. The molecule has 21 heavy (non-hydrogen) atoms. The zero-order chi connectivity index (χ0) is 15.6. The number of hydrogen-bond donors (Lipinski definition) is 2. The van der Waals surface area contributed by atoms with Crippen molar-refractivity contribution in [3.8, 4) is 0 Å². The van der Waals surface area contributed by atoms with Crippen LogP contribution in [0.25, 0.3) is 0 Å². The Morgan fingerprint density at radius 2 is 2.29 bits per heavy atom. The topological polar surface area (TPSA) is 85.4 Å². The SMILES string of the molecule is CO[C@@H]1CN(C(C)C)C[C@H]1NC(=O)Cn1nc(C)cc1N. The van der Waals surface area contributed by atoms with Crippen LogP contribution in [0, 0.1) is 6.92 Å². The molecule has 0 aromatic carbocycles. The van der Waals surface area contributed by atoms with Crippen LogP contribution >= 0.6 is 0 Å². The van der Waals surface area contributed by atoms with Crippen molar-refractivity contribution in [2.75, 3.05) is 25.9 Å². The van der Waals surface area contributed by atoms with Gasteiger partial charge in [0.05, 0.1) is 17.8 Å². The molecule has 3 N–H and O–H groups in total. The van der Waals surface area contributed by atoms with Gasteiger partial charge < -0.3 is 15.8 Å². The summed E-state index contributed by atoms with van der Waals surface area (Å²) in [4.78, 5) is 14.5. The van der Waals surface area contributed by atoms with Gasteiger partial charge in [-0.3, -0.25) is 9.69 Å². The van der Waals surface area contributed by atoms with Crippen molar-refractivity contribution in [1.29, 1.82) is 0 Å². The van der Waals surface area contributed by atoms with Gasteiger partial charge >= 0.3 is 0 Å². The lowest BCUT2D eigenvalue weighted by Crippen LogP contribution is -2.45. The van der Waals surface area contributed by atoms with Crippen molar-refractivity contribution in [2.24, 2.45) is 0 Å². The Morgan fingerprint density at radius 1 is 1.57 bits per heavy atom. The number of nitrogens with one attached hydrogen (secondary N) is 1. The summed E-state index contributed by atoms with van der Waals surface area (Å²) in [6.45, 7) is 7.91. The number of carbonyl (C=O) groups excluding carboxylic acids is 1. The van der Waals surface area contributed by atoms with E-state index in [9.17, 15) is 4.79 Å². The number of aryl methyl sites for hydroxylation is 1. The molecule has 118 valence electrons. The van der Waals surface area contributed by atoms with Gasteiger partial charge in [-0.2, -0.15) is 5.10 Å². The summed E-state index contributed by atoms with van der Waals surface area (Å²) >= 11 is 0. The van der Waals surface area contributed by atoms with Crippen LogP contribution in [0.15, 0.2) is 6.07 Å². The van der Waals surface area contributed by atoms with E-state index in [-0.39, 0.29) is 24.6 Å². The van der Waals surface area contributed by atoms with E-state index in [1.54, 1.807) is 13.2 Å². The van der Waals surface area contributed by atoms with Crippen LogP contribution in [-0.2, 0) is 16.1 Å². The van der Waals surface area contributed by atoms with Crippen LogP contribution in [0.5, 0.6) is 0 Å². The summed E-state index contributed by atoms with van der Waals surface area (Å²) < 4.78 is 7.00. The second-order valence-corrected chi connectivity index (χ2v) is 5.86. The van der Waals surface area contributed by atoms with E-state index < -0.39 is 0 Å². The number of methoxy groups -OCH3 is 1. The molecule has 0 aliphatic carbocycles. The van der Waals surface area contributed by atoms with Crippen molar-refractivity contribution in [1.82, 2.24) is 20.0 Å². The predicted molar refractivity (Wildman–Crippen MR) is 80.8 cm³/mol. The molecule has 7 nitrogen and oxygen atoms in total. The zero-order valence-electron chi connectivity index (χ0n) is 13.2. The van der Waals surface area contributed by atoms with Gasteiger partial charge in [-0.25, -0.2) is 4.68 Å². The molecule has 1 aromatic heterocycles. The van der Waals surface area contributed by atoms with E-state index in [4.69, 9.17) is 10.5 Å². The van der Waals surface area contributed by atoms with E-state index in [1.165, 1.54) is 4.68 Å². The minimum absolute atomic E-state index is 0.00258. The fourth-order valence-corrected chi connectivity index (χ4v) is 2.68. The quantitative estimate of drug-likeness (QED) is 0.798. The molecule has 1 amide bonds. The number of ether oxygens (including phenoxy) is 1. The third-order valence-electron chi connectivity index (χ3n) is 3.90. The number of carbonyl (C=O) groups is 1. The molecule has 1 aliphatic heterocycles. The molecule has 1 aromatic rings. The number of nitrogens with zero attached hydrogens (tertiary/aromatic N) is 3. The van der Waals surface area contributed by atoms with Crippen molar-refractivity contribution < 1.29 is 9.53 Å². The van der Waals surface area contributed by atoms with Crippen LogP contribution in [0.4, 0.5) is 5.82 Å². The molecular formula is C14H25N5O2. The average Bonchev–Trinajstić information content (AvgIpc) is 2.93. The summed E-state index contributed by atoms with van der Waals surface area (Å²) in [6, 6.07) is 2.19.